The minimum Gasteiger partial charge on any atom is -0.481 e. The van der Waals surface area contributed by atoms with Crippen molar-refractivity contribution in [2.75, 3.05) is 37.6 Å². The van der Waals surface area contributed by atoms with Crippen LogP contribution in [0.4, 0.5) is 5.69 Å². The molecule has 1 saturated heterocycles. The topological polar surface area (TPSA) is 90.3 Å². The van der Waals surface area contributed by atoms with Gasteiger partial charge in [0.1, 0.15) is 5.75 Å². The Hall–Kier alpha value is -5.40. The lowest BCUT2D eigenvalue weighted by Crippen LogP contribution is -2.48. The first-order valence-electron chi connectivity index (χ1n) is 17.8. The molecule has 2 heterocycles. The number of piperazine rings is 1. The summed E-state index contributed by atoms with van der Waals surface area (Å²) in [5, 5.41) is 21.0. The largest absolute Gasteiger partial charge is 0.481 e. The summed E-state index contributed by atoms with van der Waals surface area (Å²) in [6, 6.07) is 36.5. The first kappa shape index (κ1) is 32.8. The summed E-state index contributed by atoms with van der Waals surface area (Å²) in [6.45, 7) is 7.95. The van der Waals surface area contributed by atoms with Crippen LogP contribution in [-0.2, 0) is 20.6 Å². The van der Waals surface area contributed by atoms with Gasteiger partial charge >= 0.3 is 11.9 Å². The van der Waals surface area contributed by atoms with Gasteiger partial charge in [-0.3, -0.25) is 14.5 Å². The third kappa shape index (κ3) is 5.56. The summed E-state index contributed by atoms with van der Waals surface area (Å²) in [5.74, 6) is -1.68. The van der Waals surface area contributed by atoms with E-state index in [1.165, 1.54) is 27.6 Å². The van der Waals surface area contributed by atoms with Gasteiger partial charge in [-0.15, -0.1) is 0 Å². The maximum Gasteiger partial charge on any atom is 0.307 e. The number of ether oxygens (including phenoxy) is 1. The second-order valence-electron chi connectivity index (χ2n) is 14.5. The van der Waals surface area contributed by atoms with Crippen LogP contribution in [0.1, 0.15) is 54.5 Å². The molecule has 5 aromatic carbocycles. The van der Waals surface area contributed by atoms with Crippen LogP contribution in [0.25, 0.3) is 28.0 Å². The van der Waals surface area contributed by atoms with E-state index in [9.17, 15) is 14.7 Å². The number of hydrogen-bond donors (Lipinski definition) is 2. The number of carbonyl (C=O) groups is 2. The number of fused-ring (bicyclic) bond motifs is 8. The molecule has 0 aromatic heterocycles. The van der Waals surface area contributed by atoms with Crippen LogP contribution in [0.2, 0.25) is 0 Å². The van der Waals surface area contributed by atoms with Gasteiger partial charge in [0, 0.05) is 72.3 Å². The van der Waals surface area contributed by atoms with Crippen molar-refractivity contribution in [2.45, 2.75) is 37.7 Å². The lowest BCUT2D eigenvalue weighted by Gasteiger charge is -2.39. The molecule has 51 heavy (non-hydrogen) atoms. The number of nitrogens with zero attached hydrogens (tertiary/aromatic N) is 2. The Morgan fingerprint density at radius 2 is 1.43 bits per heavy atom. The molecule has 1 fully saturated rings. The molecule has 7 nitrogen and oxygen atoms in total. The maximum atomic E-state index is 11.8. The van der Waals surface area contributed by atoms with E-state index in [4.69, 9.17) is 9.84 Å². The third-order valence-electron chi connectivity index (χ3n) is 11.2. The van der Waals surface area contributed by atoms with Crippen molar-refractivity contribution in [1.29, 1.82) is 0 Å². The zero-order chi connectivity index (χ0) is 35.3. The van der Waals surface area contributed by atoms with Crippen LogP contribution in [0, 0.1) is 5.92 Å². The number of rotatable bonds is 9. The Kier molecular flexibility index (Phi) is 8.19. The Labute approximate surface area is 298 Å². The fraction of sp³-hybridized carbons (Fsp3) is 0.273. The SMILES string of the molecule is CC1(C)c2ccccc2-c2c1c1c(c3ccccc23)OC(c2ccccc2)(c2ccc(N3CCN(CC(CCC(=O)O)C(=O)O)CC3)cc2)C=C1. The van der Waals surface area contributed by atoms with Crippen LogP contribution in [0.3, 0.4) is 0 Å². The molecule has 2 atom stereocenters. The van der Waals surface area contributed by atoms with Crippen molar-refractivity contribution >= 4 is 34.5 Å². The van der Waals surface area contributed by atoms with E-state index in [1.807, 2.05) is 6.07 Å². The van der Waals surface area contributed by atoms with E-state index in [0.29, 0.717) is 19.6 Å². The molecular weight excluding hydrogens is 636 g/mol. The van der Waals surface area contributed by atoms with Crippen molar-refractivity contribution in [2.24, 2.45) is 5.92 Å². The molecule has 8 rings (SSSR count). The minimum atomic E-state index is -0.964. The van der Waals surface area contributed by atoms with E-state index in [1.54, 1.807) is 0 Å². The van der Waals surface area contributed by atoms with Gasteiger partial charge in [-0.05, 0) is 52.3 Å². The predicted molar refractivity (Wildman–Crippen MR) is 201 cm³/mol. The first-order valence-corrected chi connectivity index (χ1v) is 17.8. The standard InChI is InChI=1S/C44H42N2O5/c1-43(2)37-15-9-8-14-35(37)39-33-12-6-7-13-34(33)41-36(40(39)43)22-23-44(51-41,30-10-4-3-5-11-30)31-17-19-32(20-18-31)46-26-24-45(25-27-46)28-29(42(49)50)16-21-38(47)48/h3-15,17-20,22-23,29H,16,21,24-28H2,1-2H3,(H,47,48)(H,49,50). The number of carboxylic acids is 2. The Morgan fingerprint density at radius 1 is 0.784 bits per heavy atom. The number of hydrogen-bond acceptors (Lipinski definition) is 5. The summed E-state index contributed by atoms with van der Waals surface area (Å²) in [4.78, 5) is 27.3. The summed E-state index contributed by atoms with van der Waals surface area (Å²) in [7, 11) is 0. The van der Waals surface area contributed by atoms with E-state index < -0.39 is 23.5 Å². The molecule has 7 heteroatoms. The molecule has 0 bridgehead atoms. The van der Waals surface area contributed by atoms with Crippen molar-refractivity contribution in [1.82, 2.24) is 4.90 Å². The number of carboxylic acid groups (broad SMARTS) is 2. The average molecular weight is 679 g/mol. The minimum absolute atomic E-state index is 0.136. The zero-order valence-electron chi connectivity index (χ0n) is 29.0. The van der Waals surface area contributed by atoms with Crippen molar-refractivity contribution < 1.29 is 24.5 Å². The average Bonchev–Trinajstić information content (AvgIpc) is 3.40. The van der Waals surface area contributed by atoms with Crippen molar-refractivity contribution in [3.05, 3.63) is 137 Å². The van der Waals surface area contributed by atoms with Crippen LogP contribution in [-0.4, -0.2) is 59.8 Å². The molecule has 1 aliphatic carbocycles. The quantitative estimate of drug-likeness (QED) is 0.163. The Morgan fingerprint density at radius 3 is 2.14 bits per heavy atom. The molecule has 2 N–H and O–H groups in total. The molecule has 5 aromatic rings. The van der Waals surface area contributed by atoms with Crippen molar-refractivity contribution in [3.8, 4) is 16.9 Å². The molecular formula is C44H42N2O5. The van der Waals surface area contributed by atoms with Gasteiger partial charge in [0.05, 0.1) is 5.92 Å². The van der Waals surface area contributed by atoms with Gasteiger partial charge < -0.3 is 19.8 Å². The highest BCUT2D eigenvalue weighted by atomic mass is 16.5. The third-order valence-corrected chi connectivity index (χ3v) is 11.2. The molecule has 3 aliphatic rings. The molecule has 2 unspecified atom stereocenters. The second-order valence-corrected chi connectivity index (χ2v) is 14.5. The summed E-state index contributed by atoms with van der Waals surface area (Å²) >= 11 is 0. The predicted octanol–water partition coefficient (Wildman–Crippen LogP) is 8.18. The summed E-state index contributed by atoms with van der Waals surface area (Å²) < 4.78 is 7.42. The fourth-order valence-electron chi connectivity index (χ4n) is 8.57. The summed E-state index contributed by atoms with van der Waals surface area (Å²) in [6.07, 6.45) is 4.53. The van der Waals surface area contributed by atoms with Crippen LogP contribution >= 0.6 is 0 Å². The second kappa shape index (κ2) is 12.7. The molecule has 0 saturated carbocycles. The molecule has 2 aliphatic heterocycles. The normalized spacial score (nSPS) is 19.5. The van der Waals surface area contributed by atoms with E-state index in [-0.39, 0.29) is 18.3 Å². The molecule has 0 radical (unpaired) electrons. The number of anilines is 1. The van der Waals surface area contributed by atoms with Crippen LogP contribution in [0.15, 0.2) is 109 Å². The zero-order valence-corrected chi connectivity index (χ0v) is 29.0. The van der Waals surface area contributed by atoms with Gasteiger partial charge in [-0.25, -0.2) is 0 Å². The highest BCUT2D eigenvalue weighted by Gasteiger charge is 2.44. The lowest BCUT2D eigenvalue weighted by molar-refractivity contribution is -0.143. The molecule has 0 spiro atoms. The lowest BCUT2D eigenvalue weighted by atomic mass is 9.77. The highest BCUT2D eigenvalue weighted by Crippen LogP contribution is 2.58. The monoisotopic (exact) mass is 678 g/mol. The highest BCUT2D eigenvalue weighted by molar-refractivity contribution is 6.08. The molecule has 258 valence electrons. The van der Waals surface area contributed by atoms with E-state index >= 15 is 0 Å². The van der Waals surface area contributed by atoms with Gasteiger partial charge in [-0.2, -0.15) is 0 Å². The van der Waals surface area contributed by atoms with Gasteiger partial charge in [0.15, 0.2) is 5.60 Å². The van der Waals surface area contributed by atoms with Crippen molar-refractivity contribution in [3.63, 3.8) is 0 Å². The van der Waals surface area contributed by atoms with Crippen LogP contribution < -0.4 is 9.64 Å². The number of aliphatic carboxylic acids is 2. The van der Waals surface area contributed by atoms with Gasteiger partial charge in [-0.1, -0.05) is 111 Å². The van der Waals surface area contributed by atoms with E-state index in [0.717, 1.165) is 46.6 Å². The van der Waals surface area contributed by atoms with Crippen LogP contribution in [0.5, 0.6) is 5.75 Å². The van der Waals surface area contributed by atoms with Gasteiger partial charge in [0.25, 0.3) is 0 Å². The Bertz CT molecular complexity index is 2170. The van der Waals surface area contributed by atoms with E-state index in [2.05, 4.69) is 133 Å². The first-order chi connectivity index (χ1) is 24.7. The van der Waals surface area contributed by atoms with Gasteiger partial charge in [0.2, 0.25) is 0 Å². The summed E-state index contributed by atoms with van der Waals surface area (Å²) in [5.41, 5.74) is 8.52. The molecule has 0 amide bonds. The number of benzene rings is 5. The smallest absolute Gasteiger partial charge is 0.307 e. The Balaban J connectivity index is 1.12. The fourth-order valence-corrected chi connectivity index (χ4v) is 8.57. The maximum absolute atomic E-state index is 11.8.